The number of hydrogen-bond acceptors (Lipinski definition) is 3. The van der Waals surface area contributed by atoms with E-state index in [4.69, 9.17) is 5.73 Å². The molecular formula is C13H12BrNOS. The van der Waals surface area contributed by atoms with Gasteiger partial charge in [0.1, 0.15) is 5.78 Å². The minimum Gasteiger partial charge on any atom is -0.399 e. The highest BCUT2D eigenvalue weighted by atomic mass is 79.9. The second kappa shape index (κ2) is 5.47. The molecule has 0 radical (unpaired) electrons. The number of ketones is 1. The van der Waals surface area contributed by atoms with Gasteiger partial charge in [0, 0.05) is 33.3 Å². The monoisotopic (exact) mass is 309 g/mol. The van der Waals surface area contributed by atoms with Crippen molar-refractivity contribution in [3.8, 4) is 0 Å². The number of halogens is 1. The van der Waals surface area contributed by atoms with Crippen molar-refractivity contribution in [1.82, 2.24) is 0 Å². The van der Waals surface area contributed by atoms with Crippen molar-refractivity contribution in [1.29, 1.82) is 0 Å². The van der Waals surface area contributed by atoms with Gasteiger partial charge in [0.25, 0.3) is 0 Å². The molecule has 0 bridgehead atoms. The quantitative estimate of drug-likeness (QED) is 0.879. The Morgan fingerprint density at radius 3 is 2.76 bits per heavy atom. The van der Waals surface area contributed by atoms with E-state index in [1.165, 1.54) is 0 Å². The Balaban J connectivity index is 1.98. The highest BCUT2D eigenvalue weighted by Gasteiger charge is 2.07. The summed E-state index contributed by atoms with van der Waals surface area (Å²) >= 11 is 4.98. The van der Waals surface area contributed by atoms with Gasteiger partial charge < -0.3 is 5.73 Å². The normalized spacial score (nSPS) is 10.4. The number of benzene rings is 1. The molecule has 17 heavy (non-hydrogen) atoms. The van der Waals surface area contributed by atoms with Gasteiger partial charge in [0.05, 0.1) is 0 Å². The third-order valence-corrected chi connectivity index (χ3v) is 4.04. The fourth-order valence-electron chi connectivity index (χ4n) is 1.63. The predicted molar refractivity (Wildman–Crippen MR) is 75.3 cm³/mol. The van der Waals surface area contributed by atoms with Gasteiger partial charge in [-0.25, -0.2) is 0 Å². The molecule has 2 rings (SSSR count). The number of thiophene rings is 1. The molecule has 0 unspecified atom stereocenters. The Morgan fingerprint density at radius 1 is 1.29 bits per heavy atom. The third kappa shape index (κ3) is 3.68. The molecule has 0 aliphatic rings. The molecule has 1 heterocycles. The fourth-order valence-corrected chi connectivity index (χ4v) is 3.11. The third-order valence-electron chi connectivity index (χ3n) is 2.35. The number of nitrogens with two attached hydrogens (primary N) is 1. The Labute approximate surface area is 113 Å². The lowest BCUT2D eigenvalue weighted by molar-refractivity contribution is -0.117. The van der Waals surface area contributed by atoms with Crippen LogP contribution in [0.25, 0.3) is 0 Å². The molecule has 0 saturated carbocycles. The summed E-state index contributed by atoms with van der Waals surface area (Å²) < 4.78 is 1.04. The summed E-state index contributed by atoms with van der Waals surface area (Å²) in [6.07, 6.45) is 0.936. The number of carbonyl (C=O) groups is 1. The lowest BCUT2D eigenvalue weighted by Gasteiger charge is -2.01. The van der Waals surface area contributed by atoms with Crippen molar-refractivity contribution < 1.29 is 4.79 Å². The zero-order valence-electron chi connectivity index (χ0n) is 9.15. The van der Waals surface area contributed by atoms with Crippen LogP contribution in [-0.2, 0) is 17.6 Å². The number of nitrogen functional groups attached to an aromatic ring is 1. The van der Waals surface area contributed by atoms with Crippen molar-refractivity contribution in [2.75, 3.05) is 5.73 Å². The van der Waals surface area contributed by atoms with Crippen molar-refractivity contribution in [2.45, 2.75) is 12.8 Å². The van der Waals surface area contributed by atoms with E-state index >= 15 is 0 Å². The Hall–Kier alpha value is -1.13. The molecule has 0 aliphatic carbocycles. The second-order valence-electron chi connectivity index (χ2n) is 3.87. The summed E-state index contributed by atoms with van der Waals surface area (Å²) in [5, 5.41) is 1.99. The molecule has 0 atom stereocenters. The van der Waals surface area contributed by atoms with E-state index < -0.39 is 0 Å². The van der Waals surface area contributed by atoms with Crippen molar-refractivity contribution in [2.24, 2.45) is 0 Å². The maximum atomic E-state index is 11.9. The van der Waals surface area contributed by atoms with E-state index in [1.54, 1.807) is 11.3 Å². The van der Waals surface area contributed by atoms with Gasteiger partial charge in [-0.2, -0.15) is 0 Å². The Morgan fingerprint density at radius 2 is 2.12 bits per heavy atom. The van der Waals surface area contributed by atoms with E-state index in [0.29, 0.717) is 18.5 Å². The predicted octanol–water partition coefficient (Wildman–Crippen LogP) is 3.45. The summed E-state index contributed by atoms with van der Waals surface area (Å²) in [6, 6.07) is 9.47. The smallest absolute Gasteiger partial charge is 0.142 e. The van der Waals surface area contributed by atoms with E-state index in [0.717, 1.165) is 14.9 Å². The molecule has 1 aromatic heterocycles. The first-order valence-electron chi connectivity index (χ1n) is 5.22. The van der Waals surface area contributed by atoms with E-state index in [9.17, 15) is 4.79 Å². The van der Waals surface area contributed by atoms with Crippen molar-refractivity contribution in [3.05, 3.63) is 50.6 Å². The van der Waals surface area contributed by atoms with Gasteiger partial charge >= 0.3 is 0 Å². The molecule has 2 N–H and O–H groups in total. The number of hydrogen-bond donors (Lipinski definition) is 1. The number of carbonyl (C=O) groups excluding carboxylic acids is 1. The molecule has 0 saturated heterocycles. The molecule has 2 nitrogen and oxygen atoms in total. The molecular weight excluding hydrogens is 298 g/mol. The molecule has 0 spiro atoms. The van der Waals surface area contributed by atoms with Gasteiger partial charge in [0.2, 0.25) is 0 Å². The van der Waals surface area contributed by atoms with Crippen LogP contribution >= 0.6 is 27.3 Å². The second-order valence-corrected chi connectivity index (χ2v) is 5.78. The van der Waals surface area contributed by atoms with Gasteiger partial charge in [-0.1, -0.05) is 12.1 Å². The number of rotatable bonds is 4. The van der Waals surface area contributed by atoms with E-state index in [2.05, 4.69) is 15.9 Å². The summed E-state index contributed by atoms with van der Waals surface area (Å²) in [6.45, 7) is 0. The summed E-state index contributed by atoms with van der Waals surface area (Å²) in [4.78, 5) is 12.9. The highest BCUT2D eigenvalue weighted by Crippen LogP contribution is 2.20. The topological polar surface area (TPSA) is 43.1 Å². The lowest BCUT2D eigenvalue weighted by atomic mass is 10.1. The van der Waals surface area contributed by atoms with Crippen LogP contribution in [0.4, 0.5) is 5.69 Å². The number of Topliss-reactive ketones (excluding diaryl/α,β-unsaturated/α-hetero) is 1. The Bertz CT molecular complexity index is 536. The first-order valence-corrected chi connectivity index (χ1v) is 6.90. The first kappa shape index (κ1) is 12.3. The zero-order chi connectivity index (χ0) is 12.3. The SMILES string of the molecule is Nc1cccc(CC(=O)Cc2cc(Br)cs2)c1. The van der Waals surface area contributed by atoms with Crippen molar-refractivity contribution >= 4 is 38.7 Å². The maximum absolute atomic E-state index is 11.9. The van der Waals surface area contributed by atoms with Crippen LogP contribution in [0.1, 0.15) is 10.4 Å². The fraction of sp³-hybridized carbons (Fsp3) is 0.154. The minimum absolute atomic E-state index is 0.213. The molecule has 88 valence electrons. The van der Waals surface area contributed by atoms with Crippen LogP contribution < -0.4 is 5.73 Å². The Kier molecular flexibility index (Phi) is 3.97. The summed E-state index contributed by atoms with van der Waals surface area (Å²) in [5.74, 6) is 0.213. The zero-order valence-corrected chi connectivity index (χ0v) is 11.6. The van der Waals surface area contributed by atoms with Crippen LogP contribution in [0.3, 0.4) is 0 Å². The van der Waals surface area contributed by atoms with Gasteiger partial charge in [-0.05, 0) is 39.7 Å². The average molecular weight is 310 g/mol. The van der Waals surface area contributed by atoms with Gasteiger partial charge in [-0.3, -0.25) is 4.79 Å². The summed E-state index contributed by atoms with van der Waals surface area (Å²) in [5.41, 5.74) is 7.36. The molecule has 0 amide bonds. The van der Waals surface area contributed by atoms with E-state index in [1.807, 2.05) is 35.7 Å². The van der Waals surface area contributed by atoms with Crippen LogP contribution in [0.15, 0.2) is 40.2 Å². The largest absolute Gasteiger partial charge is 0.399 e. The van der Waals surface area contributed by atoms with Crippen LogP contribution in [-0.4, -0.2) is 5.78 Å². The van der Waals surface area contributed by atoms with E-state index in [-0.39, 0.29) is 5.78 Å². The van der Waals surface area contributed by atoms with Crippen LogP contribution in [0.2, 0.25) is 0 Å². The standard InChI is InChI=1S/C13H12BrNOS/c14-10-6-13(17-8-10)7-12(16)5-9-2-1-3-11(15)4-9/h1-4,6,8H,5,7,15H2. The van der Waals surface area contributed by atoms with Crippen LogP contribution in [0, 0.1) is 0 Å². The van der Waals surface area contributed by atoms with Gasteiger partial charge in [0.15, 0.2) is 0 Å². The highest BCUT2D eigenvalue weighted by molar-refractivity contribution is 9.10. The van der Waals surface area contributed by atoms with Crippen LogP contribution in [0.5, 0.6) is 0 Å². The van der Waals surface area contributed by atoms with Gasteiger partial charge in [-0.15, -0.1) is 11.3 Å². The van der Waals surface area contributed by atoms with Crippen molar-refractivity contribution in [3.63, 3.8) is 0 Å². The first-order chi connectivity index (χ1) is 8.13. The molecule has 0 fully saturated rings. The molecule has 4 heteroatoms. The average Bonchev–Trinajstić information content (AvgIpc) is 2.63. The summed E-state index contributed by atoms with van der Waals surface area (Å²) in [7, 11) is 0. The number of anilines is 1. The lowest BCUT2D eigenvalue weighted by Crippen LogP contribution is -2.05. The minimum atomic E-state index is 0.213. The maximum Gasteiger partial charge on any atom is 0.142 e. The molecule has 0 aliphatic heterocycles. The molecule has 1 aromatic carbocycles. The molecule has 2 aromatic rings.